The van der Waals surface area contributed by atoms with Crippen LogP contribution in [0.15, 0.2) is 103 Å². The predicted octanol–water partition coefficient (Wildman–Crippen LogP) is 6.14. The van der Waals surface area contributed by atoms with Crippen LogP contribution in [-0.2, 0) is 10.5 Å². The largest absolute Gasteiger partial charge is 0.426 e. The molecule has 1 aliphatic rings. The van der Waals surface area contributed by atoms with E-state index in [4.69, 9.17) is 4.74 Å². The molecule has 5 heteroatoms. The number of carbonyl (C=O) groups excluding carboxylic acids is 1. The summed E-state index contributed by atoms with van der Waals surface area (Å²) in [6.45, 7) is 6.13. The molecule has 0 N–H and O–H groups in total. The molecular weight excluding hydrogens is 422 g/mol. The maximum Gasteiger partial charge on any atom is 0.341 e. The molecule has 34 heavy (non-hydrogen) atoms. The number of cyclic esters (lactones) is 1. The highest BCUT2D eigenvalue weighted by Crippen LogP contribution is 2.49. The highest BCUT2D eigenvalue weighted by atomic mass is 16.6. The lowest BCUT2D eigenvalue weighted by Gasteiger charge is -2.42. The summed E-state index contributed by atoms with van der Waals surface area (Å²) >= 11 is 0. The zero-order valence-corrected chi connectivity index (χ0v) is 19.4. The van der Waals surface area contributed by atoms with Crippen LogP contribution in [-0.4, -0.2) is 24.0 Å². The zero-order valence-electron chi connectivity index (χ0n) is 19.4. The monoisotopic (exact) mass is 449 g/mol. The Hall–Kier alpha value is -4.12. The summed E-state index contributed by atoms with van der Waals surface area (Å²) in [5.41, 5.74) is 3.85. The van der Waals surface area contributed by atoms with Crippen molar-refractivity contribution in [2.24, 2.45) is 0 Å². The number of para-hydroxylation sites is 2. The highest BCUT2D eigenvalue weighted by molar-refractivity contribution is 5.96. The Morgan fingerprint density at radius 2 is 1.35 bits per heavy atom. The van der Waals surface area contributed by atoms with Gasteiger partial charge in [-0.25, -0.2) is 4.79 Å². The van der Waals surface area contributed by atoms with Gasteiger partial charge in [0, 0.05) is 48.1 Å². The maximum atomic E-state index is 13.2. The fourth-order valence-corrected chi connectivity index (χ4v) is 4.75. The molecule has 0 bridgehead atoms. The van der Waals surface area contributed by atoms with Crippen molar-refractivity contribution < 1.29 is 9.53 Å². The van der Waals surface area contributed by atoms with Crippen molar-refractivity contribution in [3.63, 3.8) is 0 Å². The lowest BCUT2D eigenvalue weighted by Crippen LogP contribution is -2.45. The molecule has 4 aromatic rings. The number of hydrogen-bond acceptors (Lipinski definition) is 5. The van der Waals surface area contributed by atoms with Gasteiger partial charge in [-0.1, -0.05) is 48.5 Å². The van der Waals surface area contributed by atoms with Crippen LogP contribution in [0.5, 0.6) is 0 Å². The first kappa shape index (κ1) is 21.7. The van der Waals surface area contributed by atoms with Gasteiger partial charge in [0.2, 0.25) is 5.72 Å². The van der Waals surface area contributed by atoms with E-state index in [0.717, 1.165) is 41.3 Å². The van der Waals surface area contributed by atoms with Crippen LogP contribution >= 0.6 is 0 Å². The number of aromatic nitrogens is 1. The lowest BCUT2D eigenvalue weighted by atomic mass is 9.91. The Labute approximate surface area is 200 Å². The second-order valence-corrected chi connectivity index (χ2v) is 8.18. The lowest BCUT2D eigenvalue weighted by molar-refractivity contribution is 0.0133. The molecule has 5 nitrogen and oxygen atoms in total. The number of esters is 1. The minimum atomic E-state index is -1.20. The summed E-state index contributed by atoms with van der Waals surface area (Å²) in [5, 5.41) is 0. The van der Waals surface area contributed by atoms with E-state index in [1.807, 2.05) is 60.7 Å². The number of ether oxygens (including phenoxy) is 1. The number of carbonyl (C=O) groups is 1. The molecule has 1 atom stereocenters. The topological polar surface area (TPSA) is 45.7 Å². The molecule has 1 aromatic heterocycles. The smallest absolute Gasteiger partial charge is 0.341 e. The fourth-order valence-electron chi connectivity index (χ4n) is 4.75. The number of nitrogens with zero attached hydrogens (tertiary/aromatic N) is 3. The average molecular weight is 450 g/mol. The van der Waals surface area contributed by atoms with Crippen molar-refractivity contribution in [2.75, 3.05) is 22.9 Å². The summed E-state index contributed by atoms with van der Waals surface area (Å²) in [6, 6.07) is 30.1. The molecule has 0 saturated heterocycles. The van der Waals surface area contributed by atoms with Gasteiger partial charge < -0.3 is 9.64 Å². The van der Waals surface area contributed by atoms with Gasteiger partial charge in [0.15, 0.2) is 0 Å². The van der Waals surface area contributed by atoms with Gasteiger partial charge in [-0.15, -0.1) is 0 Å². The van der Waals surface area contributed by atoms with Crippen LogP contribution in [0.25, 0.3) is 0 Å². The summed E-state index contributed by atoms with van der Waals surface area (Å²) < 4.78 is 6.36. The van der Waals surface area contributed by atoms with E-state index in [2.05, 4.69) is 52.9 Å². The van der Waals surface area contributed by atoms with Crippen LogP contribution in [0.1, 0.15) is 35.3 Å². The molecule has 2 heterocycles. The quantitative estimate of drug-likeness (QED) is 0.317. The van der Waals surface area contributed by atoms with Crippen molar-refractivity contribution in [1.82, 2.24) is 4.98 Å². The second-order valence-electron chi connectivity index (χ2n) is 8.18. The van der Waals surface area contributed by atoms with Crippen LogP contribution < -0.4 is 9.80 Å². The number of benzene rings is 3. The molecule has 0 amide bonds. The number of fused-ring (bicyclic) bond motifs is 1. The SMILES string of the molecule is CCN(CC)c1ccc(C2(N(c3ccccc3)c3ccccc3)OC(=O)c3ccncc32)cc1. The van der Waals surface area contributed by atoms with Crippen molar-refractivity contribution in [1.29, 1.82) is 0 Å². The van der Waals surface area contributed by atoms with Gasteiger partial charge in [-0.05, 0) is 56.3 Å². The third kappa shape index (κ3) is 3.50. The van der Waals surface area contributed by atoms with E-state index in [9.17, 15) is 4.79 Å². The second kappa shape index (κ2) is 9.02. The molecule has 1 unspecified atom stereocenters. The molecule has 0 aliphatic carbocycles. The van der Waals surface area contributed by atoms with E-state index < -0.39 is 5.72 Å². The van der Waals surface area contributed by atoms with Gasteiger partial charge in [0.25, 0.3) is 0 Å². The van der Waals surface area contributed by atoms with E-state index in [1.165, 1.54) is 0 Å². The number of anilines is 3. The van der Waals surface area contributed by atoms with Gasteiger partial charge in [-0.3, -0.25) is 9.88 Å². The van der Waals surface area contributed by atoms with Crippen molar-refractivity contribution in [2.45, 2.75) is 19.6 Å². The Balaban J connectivity index is 1.78. The van der Waals surface area contributed by atoms with E-state index in [0.29, 0.717) is 5.56 Å². The van der Waals surface area contributed by atoms with Crippen molar-refractivity contribution >= 4 is 23.0 Å². The number of hydrogen-bond donors (Lipinski definition) is 0. The number of rotatable bonds is 7. The van der Waals surface area contributed by atoms with E-state index in [-0.39, 0.29) is 5.97 Å². The van der Waals surface area contributed by atoms with Crippen LogP contribution in [0.2, 0.25) is 0 Å². The van der Waals surface area contributed by atoms with Crippen LogP contribution in [0.3, 0.4) is 0 Å². The first-order chi connectivity index (χ1) is 16.7. The summed E-state index contributed by atoms with van der Waals surface area (Å²) in [7, 11) is 0. The Morgan fingerprint density at radius 3 is 1.91 bits per heavy atom. The van der Waals surface area contributed by atoms with Gasteiger partial charge in [0.05, 0.1) is 11.1 Å². The minimum absolute atomic E-state index is 0.359. The van der Waals surface area contributed by atoms with Gasteiger partial charge in [-0.2, -0.15) is 0 Å². The highest BCUT2D eigenvalue weighted by Gasteiger charge is 2.52. The summed E-state index contributed by atoms with van der Waals surface area (Å²) in [4.78, 5) is 22.0. The molecular formula is C29H27N3O2. The molecule has 0 spiro atoms. The first-order valence-electron chi connectivity index (χ1n) is 11.6. The van der Waals surface area contributed by atoms with Gasteiger partial charge >= 0.3 is 5.97 Å². The molecule has 170 valence electrons. The molecule has 3 aromatic carbocycles. The third-order valence-electron chi connectivity index (χ3n) is 6.38. The van der Waals surface area contributed by atoms with Crippen molar-refractivity contribution in [3.8, 4) is 0 Å². The number of pyridine rings is 1. The Morgan fingerprint density at radius 1 is 0.765 bits per heavy atom. The fraction of sp³-hybridized carbons (Fsp3) is 0.172. The Kier molecular flexibility index (Phi) is 5.76. The summed E-state index contributed by atoms with van der Waals surface area (Å²) in [5.74, 6) is -0.359. The zero-order chi connectivity index (χ0) is 23.5. The maximum absolute atomic E-state index is 13.2. The van der Waals surface area contributed by atoms with Crippen molar-refractivity contribution in [3.05, 3.63) is 120 Å². The van der Waals surface area contributed by atoms with Crippen LogP contribution in [0, 0.1) is 0 Å². The molecule has 1 aliphatic heterocycles. The van der Waals surface area contributed by atoms with E-state index >= 15 is 0 Å². The summed E-state index contributed by atoms with van der Waals surface area (Å²) in [6.07, 6.45) is 3.38. The molecule has 0 saturated carbocycles. The average Bonchev–Trinajstić information content (AvgIpc) is 3.20. The van der Waals surface area contributed by atoms with E-state index in [1.54, 1.807) is 18.5 Å². The predicted molar refractivity (Wildman–Crippen MR) is 135 cm³/mol. The molecule has 5 rings (SSSR count). The van der Waals surface area contributed by atoms with Crippen LogP contribution in [0.4, 0.5) is 17.1 Å². The van der Waals surface area contributed by atoms with Gasteiger partial charge in [0.1, 0.15) is 0 Å². The normalized spacial score (nSPS) is 16.6. The standard InChI is InChI=1S/C29H27N3O2/c1-3-31(4-2)23-17-15-22(16-18-23)29(27-21-30-20-19-26(27)28(33)34-29)32(24-11-7-5-8-12-24)25-13-9-6-10-14-25/h5-21H,3-4H2,1-2H3. The Bertz CT molecular complexity index is 1230. The third-order valence-corrected chi connectivity index (χ3v) is 6.38. The molecule has 0 radical (unpaired) electrons. The molecule has 0 fully saturated rings. The minimum Gasteiger partial charge on any atom is -0.426 e. The first-order valence-corrected chi connectivity index (χ1v) is 11.6.